The molecule has 0 radical (unpaired) electrons. The standard InChI is InChI=1S/C16H18N8O3S/c1-3-17-13-19-14(18-4-2)23-15(20-13)21-16(22-23)28-9-12(25)10-6-5-7-11(8-10)24(26)27/h5-8H,3-4,9H2,1-2H3,(H2,17,18,19,20,21,22). The zero-order valence-corrected chi connectivity index (χ0v) is 16.1. The van der Waals surface area contributed by atoms with Gasteiger partial charge >= 0.3 is 0 Å². The Kier molecular flexibility index (Phi) is 5.99. The van der Waals surface area contributed by atoms with Gasteiger partial charge in [-0.1, -0.05) is 23.9 Å². The van der Waals surface area contributed by atoms with Crippen LogP contribution in [-0.4, -0.2) is 54.1 Å². The fraction of sp³-hybridized carbons (Fsp3) is 0.312. The van der Waals surface area contributed by atoms with Crippen LogP contribution in [0, 0.1) is 10.1 Å². The van der Waals surface area contributed by atoms with Crippen molar-refractivity contribution in [3.63, 3.8) is 0 Å². The second-order valence-corrected chi connectivity index (χ2v) is 6.50. The molecule has 3 aromatic rings. The van der Waals surface area contributed by atoms with Gasteiger partial charge < -0.3 is 10.6 Å². The summed E-state index contributed by atoms with van der Waals surface area (Å²) in [7, 11) is 0. The van der Waals surface area contributed by atoms with Crippen LogP contribution in [0.5, 0.6) is 0 Å². The molecule has 0 unspecified atom stereocenters. The van der Waals surface area contributed by atoms with Crippen LogP contribution in [0.3, 0.4) is 0 Å². The minimum absolute atomic E-state index is 0.0437. The summed E-state index contributed by atoms with van der Waals surface area (Å²) in [4.78, 5) is 35.7. The third-order valence-corrected chi connectivity index (χ3v) is 4.41. The summed E-state index contributed by atoms with van der Waals surface area (Å²) in [5, 5.41) is 21.7. The molecule has 2 N–H and O–H groups in total. The number of carbonyl (C=O) groups excluding carboxylic acids is 1. The molecule has 0 aliphatic rings. The number of non-ortho nitro benzene ring substituents is 1. The Balaban J connectivity index is 1.79. The smallest absolute Gasteiger partial charge is 0.270 e. The van der Waals surface area contributed by atoms with Crippen molar-refractivity contribution in [1.82, 2.24) is 24.6 Å². The summed E-state index contributed by atoms with van der Waals surface area (Å²) in [6, 6.07) is 5.64. The number of nitrogens with zero attached hydrogens (tertiary/aromatic N) is 6. The van der Waals surface area contributed by atoms with E-state index < -0.39 is 4.92 Å². The number of nitrogens with one attached hydrogen (secondary N) is 2. The van der Waals surface area contributed by atoms with Gasteiger partial charge in [0.1, 0.15) is 0 Å². The number of thioether (sulfide) groups is 1. The van der Waals surface area contributed by atoms with E-state index in [2.05, 4.69) is 30.7 Å². The van der Waals surface area contributed by atoms with Gasteiger partial charge in [0, 0.05) is 30.8 Å². The molecule has 0 fully saturated rings. The predicted octanol–water partition coefficient (Wildman–Crippen LogP) is 2.27. The normalized spacial score (nSPS) is 10.8. The highest BCUT2D eigenvalue weighted by Gasteiger charge is 2.16. The molecule has 0 aliphatic carbocycles. The molecule has 0 aliphatic heterocycles. The second-order valence-electron chi connectivity index (χ2n) is 5.56. The first-order chi connectivity index (χ1) is 13.5. The van der Waals surface area contributed by atoms with E-state index in [9.17, 15) is 14.9 Å². The van der Waals surface area contributed by atoms with E-state index in [1.807, 2.05) is 13.8 Å². The quantitative estimate of drug-likeness (QED) is 0.237. The van der Waals surface area contributed by atoms with Gasteiger partial charge in [0.2, 0.25) is 17.1 Å². The van der Waals surface area contributed by atoms with Gasteiger partial charge in [0.05, 0.1) is 10.7 Å². The number of anilines is 2. The van der Waals surface area contributed by atoms with E-state index in [0.29, 0.717) is 35.9 Å². The maximum atomic E-state index is 12.4. The van der Waals surface area contributed by atoms with Crippen LogP contribution in [-0.2, 0) is 0 Å². The zero-order valence-electron chi connectivity index (χ0n) is 15.2. The van der Waals surface area contributed by atoms with Crippen molar-refractivity contribution in [1.29, 1.82) is 0 Å². The first kappa shape index (κ1) is 19.5. The van der Waals surface area contributed by atoms with E-state index in [0.717, 1.165) is 11.8 Å². The van der Waals surface area contributed by atoms with Crippen molar-refractivity contribution in [2.45, 2.75) is 19.0 Å². The third kappa shape index (κ3) is 4.34. The van der Waals surface area contributed by atoms with Crippen molar-refractivity contribution in [3.8, 4) is 0 Å². The first-order valence-electron chi connectivity index (χ1n) is 8.54. The fourth-order valence-corrected chi connectivity index (χ4v) is 3.06. The van der Waals surface area contributed by atoms with E-state index in [-0.39, 0.29) is 22.8 Å². The summed E-state index contributed by atoms with van der Waals surface area (Å²) in [5.74, 6) is 1.07. The van der Waals surface area contributed by atoms with Gasteiger partial charge in [-0.3, -0.25) is 14.9 Å². The van der Waals surface area contributed by atoms with Crippen LogP contribution in [0.4, 0.5) is 17.6 Å². The molecule has 0 atom stereocenters. The van der Waals surface area contributed by atoms with Crippen molar-refractivity contribution < 1.29 is 9.72 Å². The molecule has 2 heterocycles. The minimum Gasteiger partial charge on any atom is -0.354 e. The largest absolute Gasteiger partial charge is 0.354 e. The highest BCUT2D eigenvalue weighted by Crippen LogP contribution is 2.20. The fourth-order valence-electron chi connectivity index (χ4n) is 2.34. The Labute approximate surface area is 164 Å². The highest BCUT2D eigenvalue weighted by atomic mass is 32.2. The van der Waals surface area contributed by atoms with E-state index in [1.165, 1.54) is 22.7 Å². The Morgan fingerprint density at radius 3 is 2.71 bits per heavy atom. The van der Waals surface area contributed by atoms with Crippen molar-refractivity contribution in [2.75, 3.05) is 29.5 Å². The van der Waals surface area contributed by atoms with Gasteiger partial charge in [-0.2, -0.15) is 19.5 Å². The molecule has 28 heavy (non-hydrogen) atoms. The van der Waals surface area contributed by atoms with Crippen molar-refractivity contribution in [2.24, 2.45) is 0 Å². The molecule has 3 rings (SSSR count). The van der Waals surface area contributed by atoms with Crippen LogP contribution >= 0.6 is 11.8 Å². The van der Waals surface area contributed by atoms with E-state index >= 15 is 0 Å². The van der Waals surface area contributed by atoms with Gasteiger partial charge in [-0.15, -0.1) is 5.10 Å². The van der Waals surface area contributed by atoms with Gasteiger partial charge in [0.15, 0.2) is 5.78 Å². The number of hydrogen-bond donors (Lipinski definition) is 2. The Morgan fingerprint density at radius 2 is 2.00 bits per heavy atom. The summed E-state index contributed by atoms with van der Waals surface area (Å²) in [6.07, 6.45) is 0. The lowest BCUT2D eigenvalue weighted by molar-refractivity contribution is -0.384. The molecule has 1 aromatic carbocycles. The molecule has 0 saturated carbocycles. The molecule has 2 aromatic heterocycles. The summed E-state index contributed by atoms with van der Waals surface area (Å²) < 4.78 is 1.48. The number of benzene rings is 1. The number of nitro benzene ring substituents is 1. The lowest BCUT2D eigenvalue weighted by atomic mass is 10.1. The number of aromatic nitrogens is 5. The Morgan fingerprint density at radius 1 is 1.21 bits per heavy atom. The first-order valence-corrected chi connectivity index (χ1v) is 9.53. The van der Waals surface area contributed by atoms with Crippen LogP contribution in [0.15, 0.2) is 29.4 Å². The van der Waals surface area contributed by atoms with E-state index in [1.54, 1.807) is 6.07 Å². The second kappa shape index (κ2) is 8.61. The highest BCUT2D eigenvalue weighted by molar-refractivity contribution is 7.99. The molecule has 0 saturated heterocycles. The van der Waals surface area contributed by atoms with Gasteiger partial charge in [-0.05, 0) is 13.8 Å². The summed E-state index contributed by atoms with van der Waals surface area (Å²) in [5.41, 5.74) is 0.149. The average molecular weight is 402 g/mol. The molecular formula is C16H18N8O3S. The van der Waals surface area contributed by atoms with Crippen molar-refractivity contribution >= 4 is 40.9 Å². The Hall–Kier alpha value is -3.28. The number of rotatable bonds is 9. The number of Topliss-reactive ketones (excluding diaryl/α,β-unsaturated/α-hetero) is 1. The molecule has 11 nitrogen and oxygen atoms in total. The van der Waals surface area contributed by atoms with Gasteiger partial charge in [0.25, 0.3) is 11.5 Å². The van der Waals surface area contributed by atoms with Crippen LogP contribution < -0.4 is 10.6 Å². The molecule has 0 amide bonds. The number of hydrogen-bond acceptors (Lipinski definition) is 10. The maximum absolute atomic E-state index is 12.4. The molecular weight excluding hydrogens is 384 g/mol. The SMILES string of the molecule is CCNc1nc(NCC)n2nc(SCC(=O)c3cccc([N+](=O)[O-])c3)nc2n1. The number of ketones is 1. The molecule has 12 heteroatoms. The minimum atomic E-state index is -0.531. The van der Waals surface area contributed by atoms with E-state index in [4.69, 9.17) is 0 Å². The topological polar surface area (TPSA) is 140 Å². The average Bonchev–Trinajstić information content (AvgIpc) is 3.10. The third-order valence-electron chi connectivity index (χ3n) is 3.57. The zero-order chi connectivity index (χ0) is 20.1. The molecule has 146 valence electrons. The molecule has 0 bridgehead atoms. The summed E-state index contributed by atoms with van der Waals surface area (Å²) in [6.45, 7) is 5.18. The maximum Gasteiger partial charge on any atom is 0.270 e. The summed E-state index contributed by atoms with van der Waals surface area (Å²) >= 11 is 1.13. The lowest BCUT2D eigenvalue weighted by Crippen LogP contribution is -2.11. The lowest BCUT2D eigenvalue weighted by Gasteiger charge is -2.06. The number of fused-ring (bicyclic) bond motifs is 1. The van der Waals surface area contributed by atoms with Crippen LogP contribution in [0.2, 0.25) is 0 Å². The van der Waals surface area contributed by atoms with Gasteiger partial charge in [-0.25, -0.2) is 0 Å². The predicted molar refractivity (Wildman–Crippen MR) is 105 cm³/mol. The van der Waals surface area contributed by atoms with Crippen LogP contribution in [0.25, 0.3) is 5.78 Å². The monoisotopic (exact) mass is 402 g/mol. The number of carbonyl (C=O) groups is 1. The van der Waals surface area contributed by atoms with Crippen LogP contribution in [0.1, 0.15) is 24.2 Å². The van der Waals surface area contributed by atoms with Crippen molar-refractivity contribution in [3.05, 3.63) is 39.9 Å². The molecule has 0 spiro atoms. The Bertz CT molecular complexity index is 1020. The number of nitro groups is 1.